The van der Waals surface area contributed by atoms with E-state index in [2.05, 4.69) is 26.4 Å². The molecule has 1 radical (unpaired) electrons. The summed E-state index contributed by atoms with van der Waals surface area (Å²) in [6.07, 6.45) is 2.23. The third kappa shape index (κ3) is 4.43. The van der Waals surface area contributed by atoms with Crippen molar-refractivity contribution < 1.29 is 0 Å². The van der Waals surface area contributed by atoms with E-state index in [1.54, 1.807) is 0 Å². The van der Waals surface area contributed by atoms with Crippen LogP contribution in [-0.2, 0) is 0 Å². The first-order valence-electron chi connectivity index (χ1n) is 1.73. The Morgan fingerprint density at radius 2 is 1.60 bits per heavy atom. The highest BCUT2D eigenvalue weighted by molar-refractivity contribution is 7.58. The van der Waals surface area contributed by atoms with Crippen LogP contribution in [-0.4, -0.2) is 13.3 Å². The van der Waals surface area contributed by atoms with E-state index in [1.165, 1.54) is 0 Å². The van der Waals surface area contributed by atoms with Crippen LogP contribution < -0.4 is 0 Å². The summed E-state index contributed by atoms with van der Waals surface area (Å²) in [5, 5.41) is 0. The monoisotopic (exact) mass is 89.1 g/mol. The lowest BCUT2D eigenvalue weighted by Gasteiger charge is -1.91. The molecule has 0 heterocycles. The molecule has 0 atom stereocenters. The summed E-state index contributed by atoms with van der Waals surface area (Å²) in [6.45, 7) is 6.57. The Morgan fingerprint density at radius 3 is 1.60 bits per heavy atom. The van der Waals surface area contributed by atoms with Crippen LogP contribution in [0.1, 0.15) is 6.92 Å². The van der Waals surface area contributed by atoms with Crippen LogP contribution in [0.25, 0.3) is 0 Å². The maximum absolute atomic E-state index is 2.23. The molecule has 0 aromatic carbocycles. The highest BCUT2D eigenvalue weighted by atomic mass is 31.1. The second-order valence-electron chi connectivity index (χ2n) is 1.22. The highest BCUT2D eigenvalue weighted by Gasteiger charge is 1.78. The molecule has 0 saturated heterocycles. The molecule has 0 aromatic heterocycles. The Labute approximate surface area is 35.3 Å². The minimum Gasteiger partial charge on any atom is -0.110 e. The maximum atomic E-state index is 2.23. The van der Waals surface area contributed by atoms with E-state index in [9.17, 15) is 0 Å². The van der Waals surface area contributed by atoms with Crippen molar-refractivity contribution in [3.8, 4) is 0 Å². The normalized spacial score (nSPS) is 9.60. The molecule has 5 heavy (non-hydrogen) atoms. The number of rotatable bonds is 1. The Morgan fingerprint density at radius 1 is 1.40 bits per heavy atom. The zero-order valence-electron chi connectivity index (χ0n) is 4.02. The summed E-state index contributed by atoms with van der Waals surface area (Å²) in [7, 11) is 0.277. The van der Waals surface area contributed by atoms with Gasteiger partial charge in [0.15, 0.2) is 0 Å². The van der Waals surface area contributed by atoms with Crippen molar-refractivity contribution in [3.05, 3.63) is 6.16 Å². The average molecular weight is 89.1 g/mol. The van der Waals surface area contributed by atoms with Crippen molar-refractivity contribution in [1.29, 1.82) is 0 Å². The summed E-state index contributed by atoms with van der Waals surface area (Å²) in [5.41, 5.74) is 0. The maximum Gasteiger partial charge on any atom is -0.0178 e. The fourth-order valence-corrected chi connectivity index (χ4v) is 0. The van der Waals surface area contributed by atoms with Gasteiger partial charge < -0.3 is 0 Å². The molecule has 0 amide bonds. The molecule has 0 nitrogen and oxygen atoms in total. The molecule has 0 saturated carbocycles. The van der Waals surface area contributed by atoms with Crippen molar-refractivity contribution in [2.24, 2.45) is 0 Å². The van der Waals surface area contributed by atoms with Gasteiger partial charge in [-0.1, -0.05) is 6.92 Å². The number of hydrogen-bond acceptors (Lipinski definition) is 0. The molecular weight excluding hydrogens is 79.0 g/mol. The zero-order valence-corrected chi connectivity index (χ0v) is 4.92. The van der Waals surface area contributed by atoms with Crippen molar-refractivity contribution >= 4 is 7.92 Å². The van der Waals surface area contributed by atoms with Gasteiger partial charge in [-0.25, -0.2) is 0 Å². The summed E-state index contributed by atoms with van der Waals surface area (Å²) >= 11 is 0. The van der Waals surface area contributed by atoms with E-state index < -0.39 is 0 Å². The van der Waals surface area contributed by atoms with Gasteiger partial charge in [-0.05, 0) is 19.5 Å². The molecule has 0 spiro atoms. The van der Waals surface area contributed by atoms with Gasteiger partial charge >= 0.3 is 0 Å². The van der Waals surface area contributed by atoms with Crippen LogP contribution in [0.15, 0.2) is 0 Å². The minimum atomic E-state index is 0.277. The smallest absolute Gasteiger partial charge is 0.0178 e. The average Bonchev–Trinajstić information content (AvgIpc) is 1.38. The molecule has 0 aromatic rings. The first kappa shape index (κ1) is 5.43. The van der Waals surface area contributed by atoms with Crippen LogP contribution in [0.3, 0.4) is 0 Å². The Balaban J connectivity index is 2.54. The summed E-state index contributed by atoms with van der Waals surface area (Å²) < 4.78 is 0. The predicted molar refractivity (Wildman–Crippen MR) is 28.7 cm³/mol. The lowest BCUT2D eigenvalue weighted by atomic mass is 11.0. The largest absolute Gasteiger partial charge is 0.110 e. The predicted octanol–water partition coefficient (Wildman–Crippen LogP) is 1.91. The van der Waals surface area contributed by atoms with Crippen LogP contribution in [0.4, 0.5) is 0 Å². The molecule has 0 aliphatic rings. The minimum absolute atomic E-state index is 0.277. The van der Waals surface area contributed by atoms with Gasteiger partial charge in [-0.2, -0.15) is 0 Å². The topological polar surface area (TPSA) is 0 Å². The zero-order chi connectivity index (χ0) is 4.28. The first-order chi connectivity index (χ1) is 2.27. The van der Waals surface area contributed by atoms with Gasteiger partial charge in [0.05, 0.1) is 0 Å². The van der Waals surface area contributed by atoms with Gasteiger partial charge in [0.1, 0.15) is 0 Å². The second kappa shape index (κ2) is 2.66. The van der Waals surface area contributed by atoms with Gasteiger partial charge in [0.25, 0.3) is 0 Å². The molecule has 0 aliphatic heterocycles. The lowest BCUT2D eigenvalue weighted by molar-refractivity contribution is 1.70. The quantitative estimate of drug-likeness (QED) is 0.430. The molecule has 0 aliphatic carbocycles. The first-order valence-corrected chi connectivity index (χ1v) is 4.04. The molecule has 31 valence electrons. The summed E-state index contributed by atoms with van der Waals surface area (Å²) in [4.78, 5) is 0. The third-order valence-corrected chi connectivity index (χ3v) is 1.55. The standard InChI is InChI=1S/C4H10P/c1-4-5(2)3/h4H,1-3H3. The summed E-state index contributed by atoms with van der Waals surface area (Å²) in [6, 6.07) is 0. The van der Waals surface area contributed by atoms with E-state index in [1.807, 2.05) is 0 Å². The van der Waals surface area contributed by atoms with Crippen molar-refractivity contribution in [1.82, 2.24) is 0 Å². The Kier molecular flexibility index (Phi) is 2.88. The van der Waals surface area contributed by atoms with Crippen molar-refractivity contribution in [2.45, 2.75) is 6.92 Å². The molecular formula is C4H10P. The van der Waals surface area contributed by atoms with Crippen molar-refractivity contribution in [3.63, 3.8) is 0 Å². The summed E-state index contributed by atoms with van der Waals surface area (Å²) in [5.74, 6) is 0. The van der Waals surface area contributed by atoms with Crippen LogP contribution in [0, 0.1) is 6.16 Å². The Bertz CT molecular complexity index is 17.6. The fourth-order valence-electron chi connectivity index (χ4n) is 0. The van der Waals surface area contributed by atoms with Gasteiger partial charge in [0.2, 0.25) is 0 Å². The molecule has 0 bridgehead atoms. The lowest BCUT2D eigenvalue weighted by Crippen LogP contribution is -1.56. The number of hydrogen-bond donors (Lipinski definition) is 0. The Hall–Kier alpha value is 0.430. The third-order valence-electron chi connectivity index (χ3n) is 0.516. The van der Waals surface area contributed by atoms with Gasteiger partial charge in [-0.15, -0.1) is 7.92 Å². The molecule has 0 rings (SSSR count). The van der Waals surface area contributed by atoms with E-state index in [-0.39, 0.29) is 7.92 Å². The van der Waals surface area contributed by atoms with E-state index in [0.717, 1.165) is 0 Å². The van der Waals surface area contributed by atoms with Crippen LogP contribution in [0.5, 0.6) is 0 Å². The molecule has 0 unspecified atom stereocenters. The second-order valence-corrected chi connectivity index (χ2v) is 3.67. The molecule has 1 heteroatoms. The SMILES string of the molecule is C[CH]P(C)C. The van der Waals surface area contributed by atoms with Crippen LogP contribution in [0.2, 0.25) is 0 Å². The van der Waals surface area contributed by atoms with Crippen molar-refractivity contribution in [2.75, 3.05) is 13.3 Å². The molecule has 0 N–H and O–H groups in total. The fraction of sp³-hybridized carbons (Fsp3) is 0.750. The van der Waals surface area contributed by atoms with E-state index in [4.69, 9.17) is 0 Å². The van der Waals surface area contributed by atoms with Gasteiger partial charge in [0, 0.05) is 0 Å². The van der Waals surface area contributed by atoms with E-state index >= 15 is 0 Å². The van der Waals surface area contributed by atoms with Gasteiger partial charge in [-0.3, -0.25) is 0 Å². The van der Waals surface area contributed by atoms with E-state index in [0.29, 0.717) is 0 Å². The molecule has 0 fully saturated rings. The highest BCUT2D eigenvalue weighted by Crippen LogP contribution is 2.26. The van der Waals surface area contributed by atoms with Crippen LogP contribution >= 0.6 is 7.92 Å².